The van der Waals surface area contributed by atoms with Crippen LogP contribution >= 0.6 is 0 Å². The van der Waals surface area contributed by atoms with Crippen molar-refractivity contribution in [3.05, 3.63) is 59.7 Å². The average molecular weight is 394 g/mol. The van der Waals surface area contributed by atoms with E-state index in [0.29, 0.717) is 5.69 Å². The van der Waals surface area contributed by atoms with Crippen LogP contribution in [0.2, 0.25) is 0 Å². The summed E-state index contributed by atoms with van der Waals surface area (Å²) in [4.78, 5) is 25.8. The summed E-state index contributed by atoms with van der Waals surface area (Å²) >= 11 is 0. The maximum absolute atomic E-state index is 13.2. The Balaban J connectivity index is 2.14. The van der Waals surface area contributed by atoms with Gasteiger partial charge in [-0.3, -0.25) is 14.5 Å². The Morgan fingerprint density at radius 2 is 1.74 bits per heavy atom. The number of hydrogen-bond donors (Lipinski definition) is 1. The molecular formula is C18H16F2N2O4S. The van der Waals surface area contributed by atoms with Crippen molar-refractivity contribution in [1.29, 1.82) is 0 Å². The van der Waals surface area contributed by atoms with Crippen molar-refractivity contribution in [2.75, 3.05) is 11.9 Å². The van der Waals surface area contributed by atoms with Crippen molar-refractivity contribution in [2.24, 2.45) is 0 Å². The third-order valence-electron chi connectivity index (χ3n) is 4.40. The van der Waals surface area contributed by atoms with E-state index in [-0.39, 0.29) is 6.42 Å². The number of carbonyl (C=O) groups excluding carboxylic acids is 2. The molecule has 2 aromatic rings. The molecule has 3 rings (SSSR count). The number of benzene rings is 2. The quantitative estimate of drug-likeness (QED) is 0.860. The molecule has 9 heteroatoms. The standard InChI is InChI=1S/C18H16F2N2O4S/c1-21-16(23)14-10-11-6-2-4-8-13(11)22(14)17(24)12-7-3-5-9-15(12)27(25,26)18(19)20/h2-9,14,18H,10H2,1H3,(H,21,23). The zero-order chi connectivity index (χ0) is 19.8. The molecule has 1 N–H and O–H groups in total. The molecule has 6 nitrogen and oxygen atoms in total. The van der Waals surface area contributed by atoms with E-state index in [1.807, 2.05) is 0 Å². The third kappa shape index (κ3) is 3.18. The number of fused-ring (bicyclic) bond motifs is 1. The van der Waals surface area contributed by atoms with Crippen LogP contribution < -0.4 is 10.2 Å². The molecule has 1 aliphatic heterocycles. The predicted octanol–water partition coefficient (Wildman–Crippen LogP) is 2.00. The van der Waals surface area contributed by atoms with Crippen LogP contribution in [0.25, 0.3) is 0 Å². The van der Waals surface area contributed by atoms with E-state index in [1.54, 1.807) is 24.3 Å². The number of para-hydroxylation sites is 1. The maximum atomic E-state index is 13.2. The number of hydrogen-bond acceptors (Lipinski definition) is 4. The summed E-state index contributed by atoms with van der Waals surface area (Å²) in [5.41, 5.74) is 0.775. The molecule has 0 fully saturated rings. The molecule has 0 aliphatic carbocycles. The maximum Gasteiger partial charge on any atom is 0.341 e. The number of carbonyl (C=O) groups is 2. The van der Waals surface area contributed by atoms with Crippen LogP contribution in [0.3, 0.4) is 0 Å². The first-order valence-electron chi connectivity index (χ1n) is 8.03. The van der Waals surface area contributed by atoms with Gasteiger partial charge in [-0.1, -0.05) is 30.3 Å². The lowest BCUT2D eigenvalue weighted by atomic mass is 10.1. The zero-order valence-corrected chi connectivity index (χ0v) is 15.0. The number of alkyl halides is 2. The molecule has 0 spiro atoms. The van der Waals surface area contributed by atoms with Crippen molar-refractivity contribution >= 4 is 27.3 Å². The highest BCUT2D eigenvalue weighted by Crippen LogP contribution is 2.35. The van der Waals surface area contributed by atoms with Gasteiger partial charge in [0, 0.05) is 19.2 Å². The van der Waals surface area contributed by atoms with Crippen LogP contribution in [0.1, 0.15) is 15.9 Å². The second-order valence-corrected chi connectivity index (χ2v) is 7.83. The van der Waals surface area contributed by atoms with E-state index >= 15 is 0 Å². The first kappa shape index (κ1) is 19.0. The third-order valence-corrected chi connectivity index (χ3v) is 5.84. The summed E-state index contributed by atoms with van der Waals surface area (Å²) in [6.07, 6.45) is 0.241. The second-order valence-electron chi connectivity index (χ2n) is 5.94. The summed E-state index contributed by atoms with van der Waals surface area (Å²) in [6.45, 7) is 0. The van der Waals surface area contributed by atoms with E-state index < -0.39 is 43.9 Å². The fraction of sp³-hybridized carbons (Fsp3) is 0.222. The summed E-state index contributed by atoms with van der Waals surface area (Å²) < 4.78 is 50.1. The lowest BCUT2D eigenvalue weighted by Crippen LogP contribution is -2.47. The van der Waals surface area contributed by atoms with E-state index in [0.717, 1.165) is 16.5 Å². The molecule has 27 heavy (non-hydrogen) atoms. The first-order chi connectivity index (χ1) is 12.8. The SMILES string of the molecule is CNC(=O)C1Cc2ccccc2N1C(=O)c1ccccc1S(=O)(=O)C(F)F. The molecule has 1 unspecified atom stereocenters. The number of nitrogens with one attached hydrogen (secondary N) is 1. The van der Waals surface area contributed by atoms with Crippen molar-refractivity contribution in [3.8, 4) is 0 Å². The van der Waals surface area contributed by atoms with Gasteiger partial charge in [0.2, 0.25) is 15.7 Å². The van der Waals surface area contributed by atoms with Crippen molar-refractivity contribution in [2.45, 2.75) is 23.1 Å². The Morgan fingerprint density at radius 1 is 1.11 bits per heavy atom. The van der Waals surface area contributed by atoms with Gasteiger partial charge < -0.3 is 5.32 Å². The van der Waals surface area contributed by atoms with E-state index in [2.05, 4.69) is 5.32 Å². The van der Waals surface area contributed by atoms with Crippen molar-refractivity contribution in [3.63, 3.8) is 0 Å². The predicted molar refractivity (Wildman–Crippen MR) is 94.4 cm³/mol. The first-order valence-corrected chi connectivity index (χ1v) is 9.57. The summed E-state index contributed by atoms with van der Waals surface area (Å²) in [5, 5.41) is 2.47. The van der Waals surface area contributed by atoms with E-state index in [4.69, 9.17) is 0 Å². The number of halogens is 2. The summed E-state index contributed by atoms with van der Waals surface area (Å²) in [7, 11) is -3.56. The minimum Gasteiger partial charge on any atom is -0.357 e. The Bertz CT molecular complexity index is 1010. The fourth-order valence-electron chi connectivity index (χ4n) is 3.13. The van der Waals surface area contributed by atoms with Crippen LogP contribution in [0.5, 0.6) is 0 Å². The largest absolute Gasteiger partial charge is 0.357 e. The fourth-order valence-corrected chi connectivity index (χ4v) is 4.05. The normalized spacial score (nSPS) is 16.3. The molecular weight excluding hydrogens is 378 g/mol. The number of rotatable bonds is 4. The van der Waals surface area contributed by atoms with Gasteiger partial charge >= 0.3 is 5.76 Å². The van der Waals surface area contributed by atoms with Gasteiger partial charge in [-0.15, -0.1) is 0 Å². The molecule has 0 aromatic heterocycles. The van der Waals surface area contributed by atoms with E-state index in [9.17, 15) is 26.8 Å². The van der Waals surface area contributed by atoms with Crippen LogP contribution in [0.4, 0.5) is 14.5 Å². The lowest BCUT2D eigenvalue weighted by Gasteiger charge is -2.25. The van der Waals surface area contributed by atoms with Crippen LogP contribution in [-0.2, 0) is 21.1 Å². The van der Waals surface area contributed by atoms with Gasteiger partial charge in [0.25, 0.3) is 5.91 Å². The van der Waals surface area contributed by atoms with Gasteiger partial charge in [-0.25, -0.2) is 8.42 Å². The highest BCUT2D eigenvalue weighted by atomic mass is 32.2. The average Bonchev–Trinajstić information content (AvgIpc) is 3.06. The topological polar surface area (TPSA) is 83.6 Å². The van der Waals surface area contributed by atoms with Crippen molar-refractivity contribution < 1.29 is 26.8 Å². The van der Waals surface area contributed by atoms with Crippen LogP contribution in [-0.4, -0.2) is 39.1 Å². The lowest BCUT2D eigenvalue weighted by molar-refractivity contribution is -0.121. The van der Waals surface area contributed by atoms with Gasteiger partial charge in [-0.05, 0) is 23.8 Å². The van der Waals surface area contributed by atoms with Crippen molar-refractivity contribution in [1.82, 2.24) is 5.32 Å². The van der Waals surface area contributed by atoms with Crippen LogP contribution in [0.15, 0.2) is 53.4 Å². The van der Waals surface area contributed by atoms with Gasteiger partial charge in [0.1, 0.15) is 6.04 Å². The molecule has 1 aliphatic rings. The number of anilines is 1. The van der Waals surface area contributed by atoms with E-state index in [1.165, 1.54) is 25.2 Å². The van der Waals surface area contributed by atoms with Gasteiger partial charge in [0.05, 0.1) is 10.5 Å². The minimum absolute atomic E-state index is 0.241. The Hall–Kier alpha value is -2.81. The molecule has 2 amide bonds. The van der Waals surface area contributed by atoms with Gasteiger partial charge in [0.15, 0.2) is 0 Å². The highest BCUT2D eigenvalue weighted by Gasteiger charge is 2.40. The molecule has 142 valence electrons. The number of nitrogens with zero attached hydrogens (tertiary/aromatic N) is 1. The van der Waals surface area contributed by atoms with Gasteiger partial charge in [-0.2, -0.15) is 8.78 Å². The Labute approximate surface area is 154 Å². The molecule has 0 radical (unpaired) electrons. The zero-order valence-electron chi connectivity index (χ0n) is 14.2. The second kappa shape index (κ2) is 7.07. The summed E-state index contributed by atoms with van der Waals surface area (Å²) in [5.74, 6) is -4.92. The Morgan fingerprint density at radius 3 is 2.41 bits per heavy atom. The highest BCUT2D eigenvalue weighted by molar-refractivity contribution is 7.91. The smallest absolute Gasteiger partial charge is 0.341 e. The summed E-state index contributed by atoms with van der Waals surface area (Å²) in [6, 6.07) is 10.7. The molecule has 0 bridgehead atoms. The van der Waals surface area contributed by atoms with Crippen LogP contribution in [0, 0.1) is 0 Å². The number of amides is 2. The minimum atomic E-state index is -4.98. The number of sulfone groups is 1. The molecule has 1 atom stereocenters. The number of likely N-dealkylation sites (N-methyl/N-ethyl adjacent to an activating group) is 1. The molecule has 2 aromatic carbocycles. The molecule has 0 saturated heterocycles. The molecule has 0 saturated carbocycles. The monoisotopic (exact) mass is 394 g/mol. The molecule has 1 heterocycles. The Kier molecular flexibility index (Phi) is 4.97.